The minimum atomic E-state index is -0.468. The second-order valence-electron chi connectivity index (χ2n) is 6.83. The molecule has 1 aromatic carbocycles. The summed E-state index contributed by atoms with van der Waals surface area (Å²) in [6.07, 6.45) is 8.46. The zero-order valence-corrected chi connectivity index (χ0v) is 15.8. The van der Waals surface area contributed by atoms with Crippen molar-refractivity contribution in [3.63, 3.8) is 0 Å². The lowest BCUT2D eigenvalue weighted by Gasteiger charge is -2.33. The van der Waals surface area contributed by atoms with E-state index in [0.29, 0.717) is 24.3 Å². The van der Waals surface area contributed by atoms with E-state index in [9.17, 15) is 9.59 Å². The van der Waals surface area contributed by atoms with Crippen LogP contribution in [-0.2, 0) is 4.79 Å². The quantitative estimate of drug-likeness (QED) is 0.435. The number of ketones is 1. The van der Waals surface area contributed by atoms with Crippen LogP contribution in [0.15, 0.2) is 18.2 Å². The molecule has 1 amide bonds. The number of carbonyl (C=O) groups is 2. The molecule has 1 heterocycles. The summed E-state index contributed by atoms with van der Waals surface area (Å²) in [6.45, 7) is 6.55. The average molecular weight is 345 g/mol. The number of ether oxygens (including phenoxy) is 1. The first-order valence-electron chi connectivity index (χ1n) is 9.73. The van der Waals surface area contributed by atoms with Gasteiger partial charge < -0.3 is 9.64 Å². The maximum absolute atomic E-state index is 12.6. The molecular weight excluding hydrogens is 314 g/mol. The van der Waals surface area contributed by atoms with Crippen LogP contribution < -0.4 is 9.64 Å². The van der Waals surface area contributed by atoms with E-state index >= 15 is 0 Å². The highest BCUT2D eigenvalue weighted by Gasteiger charge is 2.31. The first-order valence-corrected chi connectivity index (χ1v) is 9.73. The lowest BCUT2D eigenvalue weighted by atomic mass is 10.0. The zero-order valence-electron chi connectivity index (χ0n) is 15.8. The van der Waals surface area contributed by atoms with E-state index in [1.54, 1.807) is 13.0 Å². The van der Waals surface area contributed by atoms with Crippen molar-refractivity contribution >= 4 is 17.4 Å². The van der Waals surface area contributed by atoms with Gasteiger partial charge in [-0.25, -0.2) is 0 Å². The van der Waals surface area contributed by atoms with Gasteiger partial charge in [-0.3, -0.25) is 9.59 Å². The number of carbonyl (C=O) groups excluding carboxylic acids is 2. The third-order valence-corrected chi connectivity index (χ3v) is 4.80. The van der Waals surface area contributed by atoms with E-state index < -0.39 is 6.10 Å². The van der Waals surface area contributed by atoms with Crippen LogP contribution in [-0.4, -0.2) is 24.3 Å². The van der Waals surface area contributed by atoms with Crippen LogP contribution in [0.4, 0.5) is 5.69 Å². The van der Waals surface area contributed by atoms with Crippen LogP contribution in [0.1, 0.15) is 82.5 Å². The molecule has 1 unspecified atom stereocenters. The van der Waals surface area contributed by atoms with Crippen LogP contribution in [0.5, 0.6) is 5.75 Å². The second-order valence-corrected chi connectivity index (χ2v) is 6.83. The Hall–Kier alpha value is -1.84. The number of hydrogen-bond acceptors (Lipinski definition) is 3. The molecule has 4 heteroatoms. The molecule has 138 valence electrons. The molecule has 1 aliphatic heterocycles. The van der Waals surface area contributed by atoms with Gasteiger partial charge in [-0.2, -0.15) is 0 Å². The largest absolute Gasteiger partial charge is 0.479 e. The summed E-state index contributed by atoms with van der Waals surface area (Å²) in [5.41, 5.74) is 1.39. The van der Waals surface area contributed by atoms with E-state index in [1.807, 2.05) is 24.0 Å². The standard InChI is InChI=1S/C21H31NO3/c1-4-6-7-8-9-10-11-14-22-18-15-17(19(23)5-2)12-13-20(18)25-16(3)21(22)24/h12-13,15-16H,4-11,14H2,1-3H3. The summed E-state index contributed by atoms with van der Waals surface area (Å²) in [4.78, 5) is 26.4. The van der Waals surface area contributed by atoms with Gasteiger partial charge in [0.1, 0.15) is 5.75 Å². The molecule has 1 atom stereocenters. The molecule has 2 rings (SSSR count). The van der Waals surface area contributed by atoms with Crippen molar-refractivity contribution in [3.05, 3.63) is 23.8 Å². The number of rotatable bonds is 10. The van der Waals surface area contributed by atoms with Crippen molar-refractivity contribution in [3.8, 4) is 5.75 Å². The van der Waals surface area contributed by atoms with Crippen LogP contribution in [0.2, 0.25) is 0 Å². The van der Waals surface area contributed by atoms with Crippen LogP contribution in [0.25, 0.3) is 0 Å². The molecule has 0 bridgehead atoms. The number of nitrogens with zero attached hydrogens (tertiary/aromatic N) is 1. The van der Waals surface area contributed by atoms with Gasteiger partial charge in [0.05, 0.1) is 5.69 Å². The highest BCUT2D eigenvalue weighted by Crippen LogP contribution is 2.35. The Morgan fingerprint density at radius 3 is 2.44 bits per heavy atom. The zero-order chi connectivity index (χ0) is 18.2. The van der Waals surface area contributed by atoms with Gasteiger partial charge in [-0.1, -0.05) is 52.4 Å². The van der Waals surface area contributed by atoms with E-state index in [2.05, 4.69) is 6.92 Å². The van der Waals surface area contributed by atoms with Crippen molar-refractivity contribution in [2.75, 3.05) is 11.4 Å². The topological polar surface area (TPSA) is 46.6 Å². The van der Waals surface area contributed by atoms with E-state index in [0.717, 1.165) is 18.5 Å². The van der Waals surface area contributed by atoms with Crippen molar-refractivity contribution in [2.24, 2.45) is 0 Å². The molecule has 0 aliphatic carbocycles. The summed E-state index contributed by atoms with van der Waals surface area (Å²) in [6, 6.07) is 5.42. The maximum atomic E-state index is 12.6. The fourth-order valence-electron chi connectivity index (χ4n) is 3.24. The van der Waals surface area contributed by atoms with Gasteiger partial charge in [0.15, 0.2) is 11.9 Å². The Kier molecular flexibility index (Phi) is 7.48. The van der Waals surface area contributed by atoms with E-state index in [4.69, 9.17) is 4.74 Å². The van der Waals surface area contributed by atoms with Crippen molar-refractivity contribution in [1.29, 1.82) is 0 Å². The minimum absolute atomic E-state index is 0.0143. The third kappa shape index (κ3) is 5.07. The van der Waals surface area contributed by atoms with Crippen molar-refractivity contribution < 1.29 is 14.3 Å². The Labute approximate surface area is 151 Å². The van der Waals surface area contributed by atoms with E-state index in [-0.39, 0.29) is 11.7 Å². The van der Waals surface area contributed by atoms with Gasteiger partial charge in [-0.05, 0) is 31.5 Å². The second kappa shape index (κ2) is 9.59. The number of unbranched alkanes of at least 4 members (excludes halogenated alkanes) is 6. The fourth-order valence-corrected chi connectivity index (χ4v) is 3.24. The fraction of sp³-hybridized carbons (Fsp3) is 0.619. The Morgan fingerprint density at radius 2 is 1.76 bits per heavy atom. The highest BCUT2D eigenvalue weighted by atomic mass is 16.5. The van der Waals surface area contributed by atoms with Crippen LogP contribution in [0, 0.1) is 0 Å². The SMILES string of the molecule is CCCCCCCCCN1C(=O)C(C)Oc2ccc(C(=O)CC)cc21. The molecule has 0 aromatic heterocycles. The molecular formula is C21H31NO3. The Morgan fingerprint density at radius 1 is 1.08 bits per heavy atom. The van der Waals surface area contributed by atoms with Gasteiger partial charge in [0, 0.05) is 18.5 Å². The van der Waals surface area contributed by atoms with Crippen LogP contribution >= 0.6 is 0 Å². The molecule has 1 aliphatic rings. The smallest absolute Gasteiger partial charge is 0.267 e. The number of amides is 1. The first kappa shape index (κ1) is 19.5. The molecule has 0 radical (unpaired) electrons. The third-order valence-electron chi connectivity index (χ3n) is 4.80. The van der Waals surface area contributed by atoms with Gasteiger partial charge >= 0.3 is 0 Å². The molecule has 0 saturated heterocycles. The number of fused-ring (bicyclic) bond motifs is 1. The van der Waals surface area contributed by atoms with Gasteiger partial charge in [0.2, 0.25) is 0 Å². The monoisotopic (exact) mass is 345 g/mol. The average Bonchev–Trinajstić information content (AvgIpc) is 2.62. The normalized spacial score (nSPS) is 16.5. The molecule has 0 fully saturated rings. The van der Waals surface area contributed by atoms with Crippen molar-refractivity contribution in [1.82, 2.24) is 0 Å². The lowest BCUT2D eigenvalue weighted by Crippen LogP contribution is -2.45. The van der Waals surface area contributed by atoms with Crippen LogP contribution in [0.3, 0.4) is 0 Å². The predicted octanol–water partition coefficient (Wildman–Crippen LogP) is 5.14. The predicted molar refractivity (Wildman–Crippen MR) is 101 cm³/mol. The molecule has 0 spiro atoms. The molecule has 25 heavy (non-hydrogen) atoms. The number of benzene rings is 1. The van der Waals surface area contributed by atoms with Crippen molar-refractivity contribution in [2.45, 2.75) is 78.2 Å². The Balaban J connectivity index is 2.02. The summed E-state index contributed by atoms with van der Waals surface area (Å²) >= 11 is 0. The first-order chi connectivity index (χ1) is 12.1. The molecule has 0 N–H and O–H groups in total. The summed E-state index contributed by atoms with van der Waals surface area (Å²) < 4.78 is 5.71. The minimum Gasteiger partial charge on any atom is -0.479 e. The summed E-state index contributed by atoms with van der Waals surface area (Å²) in [5, 5.41) is 0. The maximum Gasteiger partial charge on any atom is 0.267 e. The molecule has 1 aromatic rings. The number of hydrogen-bond donors (Lipinski definition) is 0. The molecule has 0 saturated carbocycles. The number of Topliss-reactive ketones (excluding diaryl/α,β-unsaturated/α-hetero) is 1. The molecule has 4 nitrogen and oxygen atoms in total. The lowest BCUT2D eigenvalue weighted by molar-refractivity contribution is -0.125. The van der Waals surface area contributed by atoms with Gasteiger partial charge in [-0.15, -0.1) is 0 Å². The Bertz CT molecular complexity index is 597. The summed E-state index contributed by atoms with van der Waals surface area (Å²) in [7, 11) is 0. The number of anilines is 1. The summed E-state index contributed by atoms with van der Waals surface area (Å²) in [5.74, 6) is 0.770. The van der Waals surface area contributed by atoms with E-state index in [1.165, 1.54) is 32.1 Å². The highest BCUT2D eigenvalue weighted by molar-refractivity contribution is 6.02. The van der Waals surface area contributed by atoms with Gasteiger partial charge in [0.25, 0.3) is 5.91 Å².